The summed E-state index contributed by atoms with van der Waals surface area (Å²) in [7, 11) is 1.42. The molecule has 0 amide bonds. The maximum Gasteiger partial charge on any atom is 0.257 e. The van der Waals surface area contributed by atoms with E-state index in [0.29, 0.717) is 0 Å². The van der Waals surface area contributed by atoms with Gasteiger partial charge in [0.15, 0.2) is 6.79 Å². The molecular formula is C6H6ClFN2O2. The van der Waals surface area contributed by atoms with Crippen LogP contribution in [0.2, 0.25) is 5.28 Å². The van der Waals surface area contributed by atoms with Crippen LogP contribution in [0.5, 0.6) is 5.88 Å². The van der Waals surface area contributed by atoms with Crippen molar-refractivity contribution >= 4 is 11.6 Å². The second kappa shape index (κ2) is 4.18. The van der Waals surface area contributed by atoms with Crippen molar-refractivity contribution < 1.29 is 13.9 Å². The summed E-state index contributed by atoms with van der Waals surface area (Å²) in [6.07, 6.45) is 0.931. The summed E-state index contributed by atoms with van der Waals surface area (Å²) in [5, 5.41) is -0.0671. The number of hydrogen-bond donors (Lipinski definition) is 0. The number of rotatable bonds is 3. The molecule has 4 nitrogen and oxygen atoms in total. The largest absolute Gasteiger partial charge is 0.448 e. The average Bonchev–Trinajstić information content (AvgIpc) is 2.07. The lowest BCUT2D eigenvalue weighted by atomic mass is 10.6. The van der Waals surface area contributed by atoms with Gasteiger partial charge in [-0.3, -0.25) is 0 Å². The molecule has 66 valence electrons. The van der Waals surface area contributed by atoms with Gasteiger partial charge >= 0.3 is 0 Å². The highest BCUT2D eigenvalue weighted by molar-refractivity contribution is 6.28. The Bertz CT molecular complexity index is 272. The maximum atomic E-state index is 12.7. The standard InChI is InChI=1S/C6H6ClFN2O2/c1-11-3-12-5-4(8)2-9-6(7)10-5/h2H,3H2,1H3. The minimum Gasteiger partial charge on any atom is -0.448 e. The van der Waals surface area contributed by atoms with Gasteiger partial charge < -0.3 is 9.47 Å². The lowest BCUT2D eigenvalue weighted by molar-refractivity contribution is 0.0446. The van der Waals surface area contributed by atoms with Gasteiger partial charge in [-0.15, -0.1) is 0 Å². The van der Waals surface area contributed by atoms with E-state index in [1.165, 1.54) is 7.11 Å². The van der Waals surface area contributed by atoms with Crippen molar-refractivity contribution in [2.24, 2.45) is 0 Å². The summed E-state index contributed by atoms with van der Waals surface area (Å²) < 4.78 is 22.0. The van der Waals surface area contributed by atoms with Crippen LogP contribution in [0.1, 0.15) is 0 Å². The van der Waals surface area contributed by atoms with Crippen molar-refractivity contribution in [1.29, 1.82) is 0 Å². The molecule has 0 unspecified atom stereocenters. The third-order valence-corrected chi connectivity index (χ3v) is 1.18. The SMILES string of the molecule is COCOc1nc(Cl)ncc1F. The van der Waals surface area contributed by atoms with E-state index in [1.54, 1.807) is 0 Å². The van der Waals surface area contributed by atoms with Gasteiger partial charge in [-0.2, -0.15) is 9.37 Å². The monoisotopic (exact) mass is 192 g/mol. The van der Waals surface area contributed by atoms with E-state index in [-0.39, 0.29) is 18.0 Å². The van der Waals surface area contributed by atoms with Gasteiger partial charge in [-0.1, -0.05) is 0 Å². The lowest BCUT2D eigenvalue weighted by Crippen LogP contribution is -2.03. The normalized spacial score (nSPS) is 9.92. The summed E-state index contributed by atoms with van der Waals surface area (Å²) in [5.41, 5.74) is 0. The molecule has 0 N–H and O–H groups in total. The number of ether oxygens (including phenoxy) is 2. The average molecular weight is 193 g/mol. The molecule has 0 saturated heterocycles. The molecule has 0 aliphatic heterocycles. The third-order valence-electron chi connectivity index (χ3n) is 0.996. The van der Waals surface area contributed by atoms with Crippen LogP contribution in [0, 0.1) is 5.82 Å². The first-order chi connectivity index (χ1) is 5.74. The van der Waals surface area contributed by atoms with E-state index in [4.69, 9.17) is 16.3 Å². The zero-order valence-corrected chi connectivity index (χ0v) is 7.01. The minimum absolute atomic E-state index is 0.0671. The van der Waals surface area contributed by atoms with Gasteiger partial charge in [-0.25, -0.2) is 4.98 Å². The molecule has 6 heteroatoms. The summed E-state index contributed by atoms with van der Waals surface area (Å²) in [5.74, 6) is -0.881. The topological polar surface area (TPSA) is 44.2 Å². The molecule has 0 atom stereocenters. The molecule has 1 rings (SSSR count). The Labute approximate surface area is 73.3 Å². The summed E-state index contributed by atoms with van der Waals surface area (Å²) in [6.45, 7) is -0.0791. The first kappa shape index (κ1) is 9.15. The second-order valence-electron chi connectivity index (χ2n) is 1.84. The maximum absolute atomic E-state index is 12.7. The van der Waals surface area contributed by atoms with Crippen LogP contribution in [-0.4, -0.2) is 23.9 Å². The molecule has 0 fully saturated rings. The van der Waals surface area contributed by atoms with Crippen LogP contribution < -0.4 is 4.74 Å². The molecule has 0 aliphatic rings. The van der Waals surface area contributed by atoms with E-state index >= 15 is 0 Å². The molecule has 12 heavy (non-hydrogen) atoms. The highest BCUT2D eigenvalue weighted by Crippen LogP contribution is 2.13. The van der Waals surface area contributed by atoms with Crippen molar-refractivity contribution in [2.75, 3.05) is 13.9 Å². The molecule has 0 aliphatic carbocycles. The molecule has 1 aromatic rings. The van der Waals surface area contributed by atoms with Crippen molar-refractivity contribution in [2.45, 2.75) is 0 Å². The Hall–Kier alpha value is -0.940. The quantitative estimate of drug-likeness (QED) is 0.534. The van der Waals surface area contributed by atoms with Crippen molar-refractivity contribution in [3.63, 3.8) is 0 Å². The summed E-state index contributed by atoms with van der Waals surface area (Å²) >= 11 is 5.39. The van der Waals surface area contributed by atoms with Gasteiger partial charge in [0.2, 0.25) is 11.1 Å². The highest BCUT2D eigenvalue weighted by Gasteiger charge is 2.05. The van der Waals surface area contributed by atoms with E-state index in [9.17, 15) is 4.39 Å². The molecule has 1 heterocycles. The molecule has 1 aromatic heterocycles. The summed E-state index contributed by atoms with van der Waals surface area (Å²) in [6, 6.07) is 0. The fourth-order valence-corrected chi connectivity index (χ4v) is 0.673. The Morgan fingerprint density at radius 2 is 2.42 bits per heavy atom. The van der Waals surface area contributed by atoms with Crippen molar-refractivity contribution in [3.05, 3.63) is 17.3 Å². The number of hydrogen-bond acceptors (Lipinski definition) is 4. The Balaban J connectivity index is 2.75. The fourth-order valence-electron chi connectivity index (χ4n) is 0.547. The van der Waals surface area contributed by atoms with Crippen LogP contribution >= 0.6 is 11.6 Å². The highest BCUT2D eigenvalue weighted by atomic mass is 35.5. The number of aromatic nitrogens is 2. The Morgan fingerprint density at radius 3 is 3.08 bits per heavy atom. The van der Waals surface area contributed by atoms with Crippen LogP contribution in [-0.2, 0) is 4.74 Å². The van der Waals surface area contributed by atoms with E-state index in [0.717, 1.165) is 6.20 Å². The van der Waals surface area contributed by atoms with E-state index in [2.05, 4.69) is 14.7 Å². The molecule has 0 aromatic carbocycles. The van der Waals surface area contributed by atoms with Gasteiger partial charge in [0.25, 0.3) is 5.88 Å². The van der Waals surface area contributed by atoms with Gasteiger partial charge in [-0.05, 0) is 11.6 Å². The molecule has 0 spiro atoms. The first-order valence-corrected chi connectivity index (χ1v) is 3.41. The zero-order chi connectivity index (χ0) is 8.97. The van der Waals surface area contributed by atoms with Crippen LogP contribution in [0.4, 0.5) is 4.39 Å². The predicted octanol–water partition coefficient (Wildman–Crippen LogP) is 1.25. The predicted molar refractivity (Wildman–Crippen MR) is 39.5 cm³/mol. The minimum atomic E-state index is -0.670. The molecular weight excluding hydrogens is 187 g/mol. The molecule has 0 saturated carbocycles. The summed E-state index contributed by atoms with van der Waals surface area (Å²) in [4.78, 5) is 6.89. The van der Waals surface area contributed by atoms with Gasteiger partial charge in [0.1, 0.15) is 0 Å². The second-order valence-corrected chi connectivity index (χ2v) is 2.18. The third kappa shape index (κ3) is 2.28. The number of methoxy groups -OCH3 is 1. The Morgan fingerprint density at radius 1 is 1.67 bits per heavy atom. The van der Waals surface area contributed by atoms with Crippen LogP contribution in [0.25, 0.3) is 0 Å². The molecule has 0 radical (unpaired) electrons. The van der Waals surface area contributed by atoms with Crippen molar-refractivity contribution in [1.82, 2.24) is 9.97 Å². The van der Waals surface area contributed by atoms with Gasteiger partial charge in [0, 0.05) is 7.11 Å². The molecule has 0 bridgehead atoms. The lowest BCUT2D eigenvalue weighted by Gasteiger charge is -2.03. The van der Waals surface area contributed by atoms with Gasteiger partial charge in [0.05, 0.1) is 6.20 Å². The first-order valence-electron chi connectivity index (χ1n) is 3.04. The Kier molecular flexibility index (Phi) is 3.19. The number of nitrogens with zero attached hydrogens (tertiary/aromatic N) is 2. The van der Waals surface area contributed by atoms with Crippen LogP contribution in [0.15, 0.2) is 6.20 Å². The zero-order valence-electron chi connectivity index (χ0n) is 6.25. The van der Waals surface area contributed by atoms with Crippen molar-refractivity contribution in [3.8, 4) is 5.88 Å². The smallest absolute Gasteiger partial charge is 0.257 e. The fraction of sp³-hybridized carbons (Fsp3) is 0.333. The number of halogens is 2. The van der Waals surface area contributed by atoms with Crippen LogP contribution in [0.3, 0.4) is 0 Å². The van der Waals surface area contributed by atoms with E-state index in [1.807, 2.05) is 0 Å². The van der Waals surface area contributed by atoms with E-state index < -0.39 is 5.82 Å².